The Kier molecular flexibility index (Phi) is 11.0. The molecule has 9 nitrogen and oxygen atoms in total. The van der Waals surface area contributed by atoms with Crippen LogP contribution in [0.5, 0.6) is 11.5 Å². The molecule has 1 aliphatic carbocycles. The van der Waals surface area contributed by atoms with Gasteiger partial charge in [0.1, 0.15) is 18.2 Å². The summed E-state index contributed by atoms with van der Waals surface area (Å²) >= 11 is 2.12. The third-order valence-electron chi connectivity index (χ3n) is 7.42. The van der Waals surface area contributed by atoms with Crippen LogP contribution >= 0.6 is 23.1 Å². The van der Waals surface area contributed by atoms with E-state index in [1.165, 1.54) is 11.3 Å². The van der Waals surface area contributed by atoms with Crippen molar-refractivity contribution < 1.29 is 33.4 Å². The van der Waals surface area contributed by atoms with Gasteiger partial charge in [0.25, 0.3) is 11.1 Å². The van der Waals surface area contributed by atoms with Gasteiger partial charge in [-0.1, -0.05) is 36.4 Å². The van der Waals surface area contributed by atoms with E-state index in [0.717, 1.165) is 63.9 Å². The summed E-state index contributed by atoms with van der Waals surface area (Å²) in [6.45, 7) is 7.95. The molecule has 3 amide bonds. The Morgan fingerprint density at radius 1 is 1.04 bits per heavy atom. The van der Waals surface area contributed by atoms with Crippen LogP contribution in [0.25, 0.3) is 6.08 Å². The molecule has 1 aliphatic heterocycles. The van der Waals surface area contributed by atoms with Crippen molar-refractivity contribution in [3.63, 3.8) is 0 Å². The number of carbonyl (C=O) groups is 4. The van der Waals surface area contributed by atoms with Gasteiger partial charge in [0.15, 0.2) is 11.5 Å². The van der Waals surface area contributed by atoms with Crippen molar-refractivity contribution in [2.24, 2.45) is 0 Å². The van der Waals surface area contributed by atoms with Crippen molar-refractivity contribution in [3.8, 4) is 11.5 Å². The van der Waals surface area contributed by atoms with Crippen molar-refractivity contribution in [2.75, 3.05) is 25.1 Å². The number of amides is 3. The number of fused-ring (bicyclic) bond motifs is 1. The Bertz CT molecular complexity index is 1680. The first-order chi connectivity index (χ1) is 22.3. The first-order valence-corrected chi connectivity index (χ1v) is 16.9. The Morgan fingerprint density at radius 3 is 2.57 bits per heavy atom. The number of rotatable bonds is 13. The molecule has 0 saturated carbocycles. The summed E-state index contributed by atoms with van der Waals surface area (Å²) in [7, 11) is 0. The van der Waals surface area contributed by atoms with Crippen LogP contribution in [0.15, 0.2) is 60.0 Å². The molecule has 0 unspecified atom stereocenters. The molecule has 5 rings (SSSR count). The minimum absolute atomic E-state index is 0.182. The van der Waals surface area contributed by atoms with Crippen molar-refractivity contribution in [2.45, 2.75) is 52.6 Å². The average molecular weight is 661 g/mol. The minimum Gasteiger partial charge on any atom is -0.490 e. The van der Waals surface area contributed by atoms with Gasteiger partial charge >= 0.3 is 5.97 Å². The molecule has 240 valence electrons. The number of aryl methyl sites for hydroxylation is 1. The summed E-state index contributed by atoms with van der Waals surface area (Å²) in [4.78, 5) is 54.4. The largest absolute Gasteiger partial charge is 0.490 e. The summed E-state index contributed by atoms with van der Waals surface area (Å²) in [6.07, 6.45) is 7.40. The lowest BCUT2D eigenvalue weighted by Gasteiger charge is -2.17. The number of nitrogens with one attached hydrogen (secondary N) is 1. The SMILES string of the molecule is C=CCc1cc(C=C2SC(=O)N(CC(=O)Nc3sc4c(c3C(=O)OCC)CCCC4)C2=O)cc(OCC)c1OCc1ccccc1. The number of esters is 1. The third-order valence-corrected chi connectivity index (χ3v) is 9.54. The van der Waals surface area contributed by atoms with Crippen LogP contribution in [0.4, 0.5) is 9.80 Å². The van der Waals surface area contributed by atoms with E-state index in [-0.39, 0.29) is 11.5 Å². The summed E-state index contributed by atoms with van der Waals surface area (Å²) in [6, 6.07) is 13.4. The maximum Gasteiger partial charge on any atom is 0.341 e. The lowest BCUT2D eigenvalue weighted by atomic mass is 9.95. The Morgan fingerprint density at radius 2 is 1.83 bits per heavy atom. The molecule has 1 fully saturated rings. The minimum atomic E-state index is -0.575. The number of thiophene rings is 1. The fourth-order valence-corrected chi connectivity index (χ4v) is 7.53. The molecular weight excluding hydrogens is 625 g/mol. The highest BCUT2D eigenvalue weighted by Crippen LogP contribution is 2.40. The molecule has 1 saturated heterocycles. The molecule has 3 aromatic rings. The second-order valence-electron chi connectivity index (χ2n) is 10.7. The van der Waals surface area contributed by atoms with Crippen molar-refractivity contribution >= 4 is 57.2 Å². The van der Waals surface area contributed by atoms with E-state index >= 15 is 0 Å². The Hall–Kier alpha value is -4.35. The van der Waals surface area contributed by atoms with Gasteiger partial charge in [-0.2, -0.15) is 0 Å². The highest BCUT2D eigenvalue weighted by Gasteiger charge is 2.37. The van der Waals surface area contributed by atoms with Gasteiger partial charge in [0.05, 0.1) is 23.7 Å². The van der Waals surface area contributed by atoms with Crippen LogP contribution in [0.2, 0.25) is 0 Å². The number of carbonyl (C=O) groups excluding carboxylic acids is 4. The van der Waals surface area contributed by atoms with Crippen molar-refractivity contribution in [3.05, 3.63) is 92.7 Å². The smallest absolute Gasteiger partial charge is 0.341 e. The number of thioether (sulfide) groups is 1. The van der Waals surface area contributed by atoms with Gasteiger partial charge in [0.2, 0.25) is 5.91 Å². The summed E-state index contributed by atoms with van der Waals surface area (Å²) < 4.78 is 17.4. The monoisotopic (exact) mass is 660 g/mol. The van der Waals surface area contributed by atoms with E-state index in [0.29, 0.717) is 47.3 Å². The fraction of sp³-hybridized carbons (Fsp3) is 0.314. The Labute approximate surface area is 276 Å². The van der Waals surface area contributed by atoms with Gasteiger partial charge < -0.3 is 19.5 Å². The molecular formula is C35H36N2O7S2. The number of imide groups is 1. The lowest BCUT2D eigenvalue weighted by Crippen LogP contribution is -2.36. The van der Waals surface area contributed by atoms with Gasteiger partial charge in [0, 0.05) is 10.4 Å². The number of hydrogen-bond donors (Lipinski definition) is 1. The number of anilines is 1. The molecule has 0 spiro atoms. The number of allylic oxidation sites excluding steroid dienone is 1. The van der Waals surface area contributed by atoms with E-state index in [9.17, 15) is 19.2 Å². The summed E-state index contributed by atoms with van der Waals surface area (Å²) in [5.74, 6) is -0.526. The summed E-state index contributed by atoms with van der Waals surface area (Å²) in [5, 5.41) is 2.62. The molecule has 2 aliphatic rings. The Balaban J connectivity index is 1.34. The van der Waals surface area contributed by atoms with Crippen molar-refractivity contribution in [1.29, 1.82) is 0 Å². The van der Waals surface area contributed by atoms with E-state index in [1.807, 2.05) is 43.3 Å². The highest BCUT2D eigenvalue weighted by molar-refractivity contribution is 8.18. The van der Waals surface area contributed by atoms with Crippen LogP contribution in [-0.4, -0.2) is 47.7 Å². The van der Waals surface area contributed by atoms with Crippen LogP contribution < -0.4 is 14.8 Å². The maximum absolute atomic E-state index is 13.4. The zero-order valence-corrected chi connectivity index (χ0v) is 27.5. The molecule has 0 atom stereocenters. The maximum atomic E-state index is 13.4. The predicted molar refractivity (Wildman–Crippen MR) is 181 cm³/mol. The van der Waals surface area contributed by atoms with Gasteiger partial charge in [-0.3, -0.25) is 19.3 Å². The number of nitrogens with zero attached hydrogens (tertiary/aromatic N) is 1. The van der Waals surface area contributed by atoms with E-state index in [1.54, 1.807) is 25.1 Å². The molecule has 2 aromatic carbocycles. The molecule has 2 heterocycles. The number of benzene rings is 2. The van der Waals surface area contributed by atoms with Crippen LogP contribution in [0, 0.1) is 0 Å². The van der Waals surface area contributed by atoms with Gasteiger partial charge in [-0.25, -0.2) is 4.79 Å². The molecule has 0 bridgehead atoms. The summed E-state index contributed by atoms with van der Waals surface area (Å²) in [5.41, 5.74) is 3.76. The third kappa shape index (κ3) is 7.54. The van der Waals surface area contributed by atoms with Crippen LogP contribution in [-0.2, 0) is 40.2 Å². The predicted octanol–water partition coefficient (Wildman–Crippen LogP) is 7.18. The van der Waals surface area contributed by atoms with Gasteiger partial charge in [-0.05, 0) is 92.6 Å². The highest BCUT2D eigenvalue weighted by atomic mass is 32.2. The van der Waals surface area contributed by atoms with Crippen molar-refractivity contribution in [1.82, 2.24) is 4.90 Å². The van der Waals surface area contributed by atoms with E-state index in [4.69, 9.17) is 14.2 Å². The fourth-order valence-electron chi connectivity index (χ4n) is 5.40. The average Bonchev–Trinajstić information content (AvgIpc) is 3.53. The van der Waals surface area contributed by atoms with Crippen LogP contribution in [0.1, 0.15) is 64.2 Å². The molecule has 11 heteroatoms. The number of hydrogen-bond acceptors (Lipinski definition) is 9. The normalized spacial score (nSPS) is 15.1. The molecule has 1 aromatic heterocycles. The number of ether oxygens (including phenoxy) is 3. The van der Waals surface area contributed by atoms with E-state index in [2.05, 4.69) is 11.9 Å². The standard InChI is InChI=1S/C35H36N2O7S2/c1-4-12-24-17-23(18-26(42-5-2)31(24)44-21-22-13-8-7-9-14-22)19-28-33(39)37(35(41)46-28)20-29(38)36-32-30(34(40)43-6-3)25-15-10-11-16-27(25)45-32/h4,7-9,13-14,17-19H,1,5-6,10-12,15-16,20-21H2,2-3H3,(H,36,38). The van der Waals surface area contributed by atoms with E-state index < -0.39 is 29.6 Å². The molecule has 0 radical (unpaired) electrons. The lowest BCUT2D eigenvalue weighted by molar-refractivity contribution is -0.127. The second kappa shape index (κ2) is 15.3. The zero-order chi connectivity index (χ0) is 32.6. The second-order valence-corrected chi connectivity index (χ2v) is 12.8. The quantitative estimate of drug-likeness (QED) is 0.117. The first-order valence-electron chi connectivity index (χ1n) is 15.3. The zero-order valence-electron chi connectivity index (χ0n) is 25.9. The molecule has 46 heavy (non-hydrogen) atoms. The van der Waals surface area contributed by atoms with Crippen LogP contribution in [0.3, 0.4) is 0 Å². The topological polar surface area (TPSA) is 111 Å². The first kappa shape index (κ1) is 33.0. The van der Waals surface area contributed by atoms with Gasteiger partial charge in [-0.15, -0.1) is 17.9 Å². The molecule has 1 N–H and O–H groups in total.